The number of aromatic amines is 1. The van der Waals surface area contributed by atoms with E-state index in [4.69, 9.17) is 9.47 Å². The first kappa shape index (κ1) is 21.3. The molecule has 33 heavy (non-hydrogen) atoms. The zero-order chi connectivity index (χ0) is 22.9. The number of H-pyrrole nitrogens is 1. The minimum absolute atomic E-state index is 0.130. The van der Waals surface area contributed by atoms with E-state index in [-0.39, 0.29) is 29.8 Å². The van der Waals surface area contributed by atoms with Gasteiger partial charge in [0, 0.05) is 30.8 Å². The molecule has 1 fully saturated rings. The third kappa shape index (κ3) is 4.12. The predicted octanol–water partition coefficient (Wildman–Crippen LogP) is 2.37. The van der Waals surface area contributed by atoms with E-state index < -0.39 is 17.4 Å². The second-order valence-corrected chi connectivity index (χ2v) is 8.56. The standard InChI is InChI=1S/C23H27N5O5/c1-2-14-5-3-4-8-28(14)23-26-20-19(22(31)27-23)15(12-18(29)25-20)21(30)24-13-6-7-16-17(11-13)33-10-9-32-16/h6-7,11,14-15H,2-5,8-10,12H2,1H3,(H,24,30)(H2,25,26,27,29,31)/t14-,15-/m0/s1. The van der Waals surface area contributed by atoms with E-state index in [1.807, 2.05) is 0 Å². The molecule has 0 radical (unpaired) electrons. The van der Waals surface area contributed by atoms with Crippen LogP contribution in [0.1, 0.15) is 50.5 Å². The van der Waals surface area contributed by atoms with Crippen LogP contribution >= 0.6 is 0 Å². The van der Waals surface area contributed by atoms with Gasteiger partial charge in [0.15, 0.2) is 11.5 Å². The van der Waals surface area contributed by atoms with E-state index in [1.165, 1.54) is 0 Å². The zero-order valence-corrected chi connectivity index (χ0v) is 18.5. The van der Waals surface area contributed by atoms with Crippen LogP contribution in [0, 0.1) is 0 Å². The number of nitrogens with one attached hydrogen (secondary N) is 3. The second kappa shape index (κ2) is 8.76. The minimum atomic E-state index is -0.949. The minimum Gasteiger partial charge on any atom is -0.486 e. The van der Waals surface area contributed by atoms with Gasteiger partial charge in [-0.3, -0.25) is 19.4 Å². The van der Waals surface area contributed by atoms with Gasteiger partial charge in [-0.1, -0.05) is 6.92 Å². The van der Waals surface area contributed by atoms with Crippen LogP contribution in [-0.4, -0.2) is 47.6 Å². The Kier molecular flexibility index (Phi) is 5.65. The fraction of sp³-hybridized carbons (Fsp3) is 0.478. The van der Waals surface area contributed by atoms with Crippen LogP contribution in [0.25, 0.3) is 0 Å². The van der Waals surface area contributed by atoms with Gasteiger partial charge >= 0.3 is 0 Å². The van der Waals surface area contributed by atoms with E-state index in [1.54, 1.807) is 18.2 Å². The van der Waals surface area contributed by atoms with Gasteiger partial charge in [-0.15, -0.1) is 0 Å². The van der Waals surface area contributed by atoms with E-state index in [0.717, 1.165) is 32.2 Å². The molecule has 10 nitrogen and oxygen atoms in total. The largest absolute Gasteiger partial charge is 0.486 e. The van der Waals surface area contributed by atoms with Gasteiger partial charge < -0.3 is 25.0 Å². The molecule has 5 rings (SSSR count). The molecule has 0 spiro atoms. The molecule has 4 heterocycles. The average molecular weight is 453 g/mol. The highest BCUT2D eigenvalue weighted by molar-refractivity contribution is 6.04. The number of fused-ring (bicyclic) bond motifs is 2. The van der Waals surface area contributed by atoms with Gasteiger partial charge in [0.05, 0.1) is 11.5 Å². The van der Waals surface area contributed by atoms with Crippen molar-refractivity contribution in [2.45, 2.75) is 51.0 Å². The summed E-state index contributed by atoms with van der Waals surface area (Å²) in [5.41, 5.74) is 0.271. The van der Waals surface area contributed by atoms with Crippen molar-refractivity contribution in [2.75, 3.05) is 35.3 Å². The lowest BCUT2D eigenvalue weighted by molar-refractivity contribution is -0.123. The molecule has 2 aromatic rings. The van der Waals surface area contributed by atoms with Crippen molar-refractivity contribution in [3.05, 3.63) is 34.1 Å². The maximum Gasteiger partial charge on any atom is 0.258 e. The summed E-state index contributed by atoms with van der Waals surface area (Å²) in [6, 6.07) is 5.37. The van der Waals surface area contributed by atoms with E-state index in [9.17, 15) is 14.4 Å². The molecule has 0 saturated carbocycles. The topological polar surface area (TPSA) is 126 Å². The van der Waals surface area contributed by atoms with E-state index in [0.29, 0.717) is 36.3 Å². The molecule has 1 aromatic heterocycles. The van der Waals surface area contributed by atoms with Crippen molar-refractivity contribution < 1.29 is 19.1 Å². The number of hydrogen-bond donors (Lipinski definition) is 3. The van der Waals surface area contributed by atoms with Gasteiger partial charge in [0.25, 0.3) is 5.56 Å². The van der Waals surface area contributed by atoms with Crippen LogP contribution in [0.4, 0.5) is 17.5 Å². The van der Waals surface area contributed by atoms with Gasteiger partial charge in [0.1, 0.15) is 19.0 Å². The number of aromatic nitrogens is 2. The number of anilines is 3. The second-order valence-electron chi connectivity index (χ2n) is 8.56. The van der Waals surface area contributed by atoms with Crippen LogP contribution in [0.3, 0.4) is 0 Å². The summed E-state index contributed by atoms with van der Waals surface area (Å²) in [6.45, 7) is 3.81. The number of nitrogens with zero attached hydrogens (tertiary/aromatic N) is 2. The van der Waals surface area contributed by atoms with Crippen molar-refractivity contribution in [3.8, 4) is 11.5 Å². The fourth-order valence-electron chi connectivity index (χ4n) is 4.77. The summed E-state index contributed by atoms with van der Waals surface area (Å²) >= 11 is 0. The molecule has 3 aliphatic heterocycles. The monoisotopic (exact) mass is 453 g/mol. The summed E-state index contributed by atoms with van der Waals surface area (Å²) in [6.07, 6.45) is 4.00. The predicted molar refractivity (Wildman–Crippen MR) is 122 cm³/mol. The summed E-state index contributed by atoms with van der Waals surface area (Å²) < 4.78 is 11.1. The Hall–Kier alpha value is -3.56. The number of carbonyl (C=O) groups is 2. The van der Waals surface area contributed by atoms with Gasteiger partial charge in [0.2, 0.25) is 17.8 Å². The molecular formula is C23H27N5O5. The van der Waals surface area contributed by atoms with Crippen LogP contribution in [0.2, 0.25) is 0 Å². The first-order chi connectivity index (χ1) is 16.0. The van der Waals surface area contributed by atoms with Crippen molar-refractivity contribution >= 4 is 29.3 Å². The van der Waals surface area contributed by atoms with Crippen molar-refractivity contribution in [1.29, 1.82) is 0 Å². The molecule has 2 atom stereocenters. The molecular weight excluding hydrogens is 426 g/mol. The number of rotatable bonds is 4. The van der Waals surface area contributed by atoms with Crippen molar-refractivity contribution in [1.82, 2.24) is 9.97 Å². The number of carbonyl (C=O) groups excluding carboxylic acids is 2. The molecule has 1 aromatic carbocycles. The Labute approximate surface area is 190 Å². The van der Waals surface area contributed by atoms with E-state index >= 15 is 0 Å². The Morgan fingerprint density at radius 2 is 2.03 bits per heavy atom. The lowest BCUT2D eigenvalue weighted by Gasteiger charge is -2.36. The number of ether oxygens (including phenoxy) is 2. The first-order valence-electron chi connectivity index (χ1n) is 11.4. The number of piperidine rings is 1. The fourth-order valence-corrected chi connectivity index (χ4v) is 4.77. The van der Waals surface area contributed by atoms with Gasteiger partial charge in [-0.2, -0.15) is 4.98 Å². The molecule has 174 valence electrons. The lowest BCUT2D eigenvalue weighted by atomic mass is 9.92. The molecule has 3 aliphatic rings. The number of amides is 2. The van der Waals surface area contributed by atoms with Gasteiger partial charge in [-0.05, 0) is 37.8 Å². The summed E-state index contributed by atoms with van der Waals surface area (Å²) in [5.74, 6) is 0.00327. The normalized spacial score (nSPS) is 21.7. The van der Waals surface area contributed by atoms with Crippen LogP contribution in [-0.2, 0) is 9.59 Å². The summed E-state index contributed by atoms with van der Waals surface area (Å²) in [7, 11) is 0. The van der Waals surface area contributed by atoms with Crippen LogP contribution in [0.15, 0.2) is 23.0 Å². The lowest BCUT2D eigenvalue weighted by Crippen LogP contribution is -2.43. The molecule has 1 saturated heterocycles. The number of hydrogen-bond acceptors (Lipinski definition) is 7. The average Bonchev–Trinajstić information content (AvgIpc) is 2.83. The molecule has 0 unspecified atom stereocenters. The highest BCUT2D eigenvalue weighted by Gasteiger charge is 2.36. The van der Waals surface area contributed by atoms with E-state index in [2.05, 4.69) is 32.4 Å². The Morgan fingerprint density at radius 3 is 2.85 bits per heavy atom. The maximum atomic E-state index is 13.1. The first-order valence-corrected chi connectivity index (χ1v) is 11.4. The van der Waals surface area contributed by atoms with Gasteiger partial charge in [-0.25, -0.2) is 0 Å². The maximum absolute atomic E-state index is 13.1. The Bertz CT molecular complexity index is 1150. The molecule has 0 aliphatic carbocycles. The smallest absolute Gasteiger partial charge is 0.258 e. The third-order valence-corrected chi connectivity index (χ3v) is 6.44. The van der Waals surface area contributed by atoms with Crippen LogP contribution in [0.5, 0.6) is 11.5 Å². The molecule has 3 N–H and O–H groups in total. The van der Waals surface area contributed by atoms with Crippen molar-refractivity contribution in [3.63, 3.8) is 0 Å². The Balaban J connectivity index is 1.43. The SMILES string of the molecule is CC[C@H]1CCCCN1c1nc2c(c(=O)[nH]1)[C@@H](C(=O)Nc1ccc3c(c1)OCCO3)CC(=O)N2. The quantitative estimate of drug-likeness (QED) is 0.649. The van der Waals surface area contributed by atoms with Crippen LogP contribution < -0.4 is 30.6 Å². The summed E-state index contributed by atoms with van der Waals surface area (Å²) in [4.78, 5) is 48.2. The Morgan fingerprint density at radius 1 is 1.21 bits per heavy atom. The summed E-state index contributed by atoms with van der Waals surface area (Å²) in [5, 5.41) is 5.49. The number of benzene rings is 1. The van der Waals surface area contributed by atoms with Crippen molar-refractivity contribution in [2.24, 2.45) is 0 Å². The third-order valence-electron chi connectivity index (χ3n) is 6.44. The molecule has 2 amide bonds. The highest BCUT2D eigenvalue weighted by atomic mass is 16.6. The zero-order valence-electron chi connectivity index (χ0n) is 18.5. The highest BCUT2D eigenvalue weighted by Crippen LogP contribution is 2.35. The molecule has 10 heteroatoms. The molecule has 0 bridgehead atoms.